The van der Waals surface area contributed by atoms with E-state index >= 15 is 0 Å². The third kappa shape index (κ3) is 1.37. The molecular weight excluding hydrogens is 226 g/mol. The van der Waals surface area contributed by atoms with E-state index in [4.69, 9.17) is 4.74 Å². The van der Waals surface area contributed by atoms with Crippen LogP contribution >= 0.6 is 15.9 Å². The summed E-state index contributed by atoms with van der Waals surface area (Å²) in [6, 6.07) is 0. The Hall–Kier alpha value is -0.460. The van der Waals surface area contributed by atoms with Crippen molar-refractivity contribution in [3.63, 3.8) is 0 Å². The van der Waals surface area contributed by atoms with Crippen molar-refractivity contribution in [2.24, 2.45) is 0 Å². The second kappa shape index (κ2) is 3.12. The van der Waals surface area contributed by atoms with E-state index in [1.54, 1.807) is 4.68 Å². The van der Waals surface area contributed by atoms with E-state index in [2.05, 4.69) is 26.2 Å². The number of aromatic nitrogens is 3. The summed E-state index contributed by atoms with van der Waals surface area (Å²) >= 11 is 3.25. The predicted octanol–water partition coefficient (Wildman–Crippen LogP) is -0.0683. The zero-order valence-electron chi connectivity index (χ0n) is 6.27. The Labute approximate surface area is 77.5 Å². The van der Waals surface area contributed by atoms with Gasteiger partial charge in [0.2, 0.25) is 0 Å². The molecule has 0 aliphatic carbocycles. The molecule has 2 heterocycles. The van der Waals surface area contributed by atoms with Gasteiger partial charge in [-0.15, -0.1) is 5.10 Å². The van der Waals surface area contributed by atoms with Crippen LogP contribution in [-0.4, -0.2) is 32.8 Å². The molecule has 1 aromatic heterocycles. The molecule has 0 radical (unpaired) electrons. The second-order valence-corrected chi connectivity index (χ2v) is 3.43. The largest absolute Gasteiger partial charge is 0.389 e. The third-order valence-electron chi connectivity index (χ3n) is 1.72. The Kier molecular flexibility index (Phi) is 2.12. The fraction of sp³-hybridized carbons (Fsp3) is 0.667. The first kappa shape index (κ1) is 8.15. The Morgan fingerprint density at radius 3 is 3.33 bits per heavy atom. The molecule has 0 saturated carbocycles. The van der Waals surface area contributed by atoms with Crippen molar-refractivity contribution in [1.82, 2.24) is 15.0 Å². The molecule has 2 rings (SSSR count). The van der Waals surface area contributed by atoms with Crippen molar-refractivity contribution in [1.29, 1.82) is 0 Å². The summed E-state index contributed by atoms with van der Waals surface area (Å²) in [6.45, 7) is 1.26. The van der Waals surface area contributed by atoms with Crippen molar-refractivity contribution in [2.75, 3.05) is 6.61 Å². The lowest BCUT2D eigenvalue weighted by Crippen LogP contribution is -2.19. The summed E-state index contributed by atoms with van der Waals surface area (Å²) in [4.78, 5) is 0. The molecule has 0 aromatic carbocycles. The minimum Gasteiger partial charge on any atom is -0.389 e. The highest BCUT2D eigenvalue weighted by Gasteiger charge is 2.18. The van der Waals surface area contributed by atoms with Crippen LogP contribution < -0.4 is 0 Å². The van der Waals surface area contributed by atoms with Gasteiger partial charge in [0.15, 0.2) is 4.60 Å². The zero-order chi connectivity index (χ0) is 8.55. The maximum absolute atomic E-state index is 9.32. The van der Waals surface area contributed by atoms with Crippen LogP contribution in [0, 0.1) is 0 Å². The Morgan fingerprint density at radius 1 is 1.67 bits per heavy atom. The number of rotatable bonds is 0. The molecule has 1 aliphatic heterocycles. The molecule has 0 bridgehead atoms. The highest BCUT2D eigenvalue weighted by atomic mass is 79.9. The molecule has 1 aromatic rings. The smallest absolute Gasteiger partial charge is 0.153 e. The molecule has 66 valence electrons. The normalized spacial score (nSPS) is 23.3. The van der Waals surface area contributed by atoms with Crippen LogP contribution in [0.25, 0.3) is 0 Å². The van der Waals surface area contributed by atoms with Gasteiger partial charge in [0.05, 0.1) is 31.6 Å². The fourth-order valence-electron chi connectivity index (χ4n) is 1.14. The van der Waals surface area contributed by atoms with E-state index in [-0.39, 0.29) is 0 Å². The topological polar surface area (TPSA) is 60.2 Å². The Bertz CT molecular complexity index is 288. The monoisotopic (exact) mass is 233 g/mol. The van der Waals surface area contributed by atoms with Crippen molar-refractivity contribution in [2.45, 2.75) is 19.3 Å². The number of fused-ring (bicyclic) bond motifs is 1. The summed E-state index contributed by atoms with van der Waals surface area (Å²) in [7, 11) is 0. The van der Waals surface area contributed by atoms with Crippen molar-refractivity contribution in [3.8, 4) is 0 Å². The number of hydrogen-bond donors (Lipinski definition) is 1. The molecule has 1 aliphatic rings. The maximum Gasteiger partial charge on any atom is 0.153 e. The SMILES string of the molecule is OC1COCc2c(Br)nnn2C1. The van der Waals surface area contributed by atoms with E-state index in [0.717, 1.165) is 5.69 Å². The summed E-state index contributed by atoms with van der Waals surface area (Å²) in [6.07, 6.45) is -0.486. The summed E-state index contributed by atoms with van der Waals surface area (Å²) in [5.74, 6) is 0. The van der Waals surface area contributed by atoms with Crippen molar-refractivity contribution < 1.29 is 9.84 Å². The van der Waals surface area contributed by atoms with Crippen LogP contribution in [0.2, 0.25) is 0 Å². The van der Waals surface area contributed by atoms with Crippen LogP contribution in [0.15, 0.2) is 4.60 Å². The van der Waals surface area contributed by atoms with Crippen LogP contribution in [0.4, 0.5) is 0 Å². The number of aliphatic hydroxyl groups is 1. The zero-order valence-corrected chi connectivity index (χ0v) is 7.86. The van der Waals surface area contributed by atoms with Crippen LogP contribution in [0.3, 0.4) is 0 Å². The number of ether oxygens (including phenoxy) is 1. The Morgan fingerprint density at radius 2 is 2.50 bits per heavy atom. The molecule has 0 spiro atoms. The van der Waals surface area contributed by atoms with Crippen LogP contribution in [0.1, 0.15) is 5.69 Å². The molecule has 0 saturated heterocycles. The van der Waals surface area contributed by atoms with E-state index in [9.17, 15) is 5.11 Å². The summed E-state index contributed by atoms with van der Waals surface area (Å²) in [5.41, 5.74) is 0.881. The van der Waals surface area contributed by atoms with E-state index in [0.29, 0.717) is 24.4 Å². The predicted molar refractivity (Wildman–Crippen MR) is 43.4 cm³/mol. The first-order valence-electron chi connectivity index (χ1n) is 3.61. The minimum absolute atomic E-state index is 0.357. The lowest BCUT2D eigenvalue weighted by atomic mass is 10.4. The maximum atomic E-state index is 9.32. The Balaban J connectivity index is 2.32. The van der Waals surface area contributed by atoms with E-state index in [1.165, 1.54) is 0 Å². The molecule has 1 unspecified atom stereocenters. The van der Waals surface area contributed by atoms with Gasteiger partial charge in [0.25, 0.3) is 0 Å². The number of halogens is 1. The first-order valence-corrected chi connectivity index (χ1v) is 4.40. The van der Waals surface area contributed by atoms with Crippen molar-refractivity contribution >= 4 is 15.9 Å². The van der Waals surface area contributed by atoms with Gasteiger partial charge in [-0.05, 0) is 15.9 Å². The van der Waals surface area contributed by atoms with Crippen molar-refractivity contribution in [3.05, 3.63) is 10.3 Å². The van der Waals surface area contributed by atoms with Gasteiger partial charge in [-0.3, -0.25) is 0 Å². The number of aliphatic hydroxyl groups excluding tert-OH is 1. The lowest BCUT2D eigenvalue weighted by molar-refractivity contribution is 0.0332. The van der Waals surface area contributed by atoms with Gasteiger partial charge in [-0.25, -0.2) is 4.68 Å². The standard InChI is InChI=1S/C6H8BrN3O2/c7-6-5-3-12-2-4(11)1-10(5)9-8-6/h4,11H,1-3H2. The average Bonchev–Trinajstić information content (AvgIpc) is 2.31. The van der Waals surface area contributed by atoms with Gasteiger partial charge in [0.1, 0.15) is 0 Å². The molecule has 6 heteroatoms. The van der Waals surface area contributed by atoms with E-state index in [1.807, 2.05) is 0 Å². The second-order valence-electron chi connectivity index (χ2n) is 2.68. The minimum atomic E-state index is -0.486. The molecule has 0 fully saturated rings. The molecule has 1 atom stereocenters. The highest BCUT2D eigenvalue weighted by molar-refractivity contribution is 9.10. The number of hydrogen-bond acceptors (Lipinski definition) is 4. The van der Waals surface area contributed by atoms with Crippen LogP contribution in [-0.2, 0) is 17.9 Å². The lowest BCUT2D eigenvalue weighted by Gasteiger charge is -2.04. The highest BCUT2D eigenvalue weighted by Crippen LogP contribution is 2.16. The molecule has 12 heavy (non-hydrogen) atoms. The van der Waals surface area contributed by atoms with Crippen LogP contribution in [0.5, 0.6) is 0 Å². The number of nitrogens with zero attached hydrogens (tertiary/aromatic N) is 3. The fourth-order valence-corrected chi connectivity index (χ4v) is 1.53. The third-order valence-corrected chi connectivity index (χ3v) is 2.34. The van der Waals surface area contributed by atoms with Gasteiger partial charge in [0, 0.05) is 0 Å². The van der Waals surface area contributed by atoms with Gasteiger partial charge in [-0.2, -0.15) is 0 Å². The average molecular weight is 234 g/mol. The molecule has 0 amide bonds. The molecular formula is C6H8BrN3O2. The molecule has 5 nitrogen and oxygen atoms in total. The quantitative estimate of drug-likeness (QED) is 0.682. The first-order chi connectivity index (χ1) is 5.77. The van der Waals surface area contributed by atoms with E-state index < -0.39 is 6.10 Å². The molecule has 1 N–H and O–H groups in total. The van der Waals surface area contributed by atoms with Gasteiger partial charge >= 0.3 is 0 Å². The van der Waals surface area contributed by atoms with Gasteiger partial charge in [-0.1, -0.05) is 5.21 Å². The summed E-state index contributed by atoms with van der Waals surface area (Å²) in [5, 5.41) is 17.0. The summed E-state index contributed by atoms with van der Waals surface area (Å²) < 4.78 is 7.54. The van der Waals surface area contributed by atoms with Gasteiger partial charge < -0.3 is 9.84 Å².